The van der Waals surface area contributed by atoms with Gasteiger partial charge in [0.1, 0.15) is 0 Å². The summed E-state index contributed by atoms with van der Waals surface area (Å²) in [6, 6.07) is 0. The molecule has 0 aromatic heterocycles. The molecule has 0 fully saturated rings. The fraction of sp³-hybridized carbons (Fsp3) is 0.938. The third-order valence-corrected chi connectivity index (χ3v) is 3.63. The average molecular weight is 301 g/mol. The van der Waals surface area contributed by atoms with Crippen LogP contribution in [0, 0.1) is 10.8 Å². The lowest BCUT2D eigenvalue weighted by Crippen LogP contribution is -2.48. The van der Waals surface area contributed by atoms with Crippen LogP contribution in [0.4, 0.5) is 0 Å². The molecule has 0 aromatic rings. The number of ether oxygens (including phenoxy) is 2. The molecule has 0 radical (unpaired) electrons. The van der Waals surface area contributed by atoms with Crippen molar-refractivity contribution in [3.05, 3.63) is 0 Å². The zero-order chi connectivity index (χ0) is 16.7. The molecular weight excluding hydrogens is 266 g/mol. The molecule has 2 unspecified atom stereocenters. The highest BCUT2D eigenvalue weighted by Crippen LogP contribution is 2.21. The molecule has 5 heteroatoms. The second kappa shape index (κ2) is 8.59. The Bertz CT molecular complexity index is 288. The monoisotopic (exact) mass is 301 g/mol. The van der Waals surface area contributed by atoms with E-state index in [1.165, 1.54) is 0 Å². The van der Waals surface area contributed by atoms with E-state index in [4.69, 9.17) is 9.47 Å². The third-order valence-electron chi connectivity index (χ3n) is 3.63. The Labute approximate surface area is 130 Å². The largest absolute Gasteiger partial charge is 0.379 e. The predicted octanol–water partition coefficient (Wildman–Crippen LogP) is 2.27. The van der Waals surface area contributed by atoms with Gasteiger partial charge in [-0.25, -0.2) is 0 Å². The highest BCUT2D eigenvalue weighted by Gasteiger charge is 2.26. The van der Waals surface area contributed by atoms with Crippen LogP contribution in [0.15, 0.2) is 4.99 Å². The van der Waals surface area contributed by atoms with Crippen LogP contribution in [0.25, 0.3) is 0 Å². The number of hydrogen-bond donors (Lipinski definition) is 2. The first-order chi connectivity index (χ1) is 9.56. The van der Waals surface area contributed by atoms with Crippen molar-refractivity contribution < 1.29 is 9.47 Å². The summed E-state index contributed by atoms with van der Waals surface area (Å²) in [6.07, 6.45) is 0.244. The van der Waals surface area contributed by atoms with E-state index in [1.807, 2.05) is 0 Å². The lowest BCUT2D eigenvalue weighted by atomic mass is 9.89. The maximum Gasteiger partial charge on any atom is 0.191 e. The van der Waals surface area contributed by atoms with Crippen LogP contribution < -0.4 is 10.6 Å². The summed E-state index contributed by atoms with van der Waals surface area (Å²) in [4.78, 5) is 4.25. The van der Waals surface area contributed by atoms with Crippen molar-refractivity contribution in [1.82, 2.24) is 10.6 Å². The van der Waals surface area contributed by atoms with E-state index < -0.39 is 0 Å². The first kappa shape index (κ1) is 20.2. The van der Waals surface area contributed by atoms with E-state index in [0.717, 1.165) is 5.96 Å². The fourth-order valence-corrected chi connectivity index (χ4v) is 2.09. The minimum Gasteiger partial charge on any atom is -0.379 e. The van der Waals surface area contributed by atoms with Gasteiger partial charge in [-0.1, -0.05) is 41.5 Å². The van der Waals surface area contributed by atoms with Gasteiger partial charge in [-0.05, 0) is 10.8 Å². The number of hydrogen-bond acceptors (Lipinski definition) is 3. The lowest BCUT2D eigenvalue weighted by Gasteiger charge is -2.31. The SMILES string of the molecule is CN=C(NCC(OC)C(C)(C)C)NCC(OC)C(C)(C)C. The Morgan fingerprint density at radius 3 is 1.38 bits per heavy atom. The highest BCUT2D eigenvalue weighted by molar-refractivity contribution is 5.79. The molecule has 21 heavy (non-hydrogen) atoms. The first-order valence-corrected chi connectivity index (χ1v) is 7.56. The van der Waals surface area contributed by atoms with Crippen molar-refractivity contribution in [3.63, 3.8) is 0 Å². The normalized spacial score (nSPS) is 15.3. The molecule has 5 nitrogen and oxygen atoms in total. The van der Waals surface area contributed by atoms with E-state index in [9.17, 15) is 0 Å². The number of nitrogens with zero attached hydrogens (tertiary/aromatic N) is 1. The minimum atomic E-state index is 0.0844. The number of rotatable bonds is 6. The van der Waals surface area contributed by atoms with E-state index >= 15 is 0 Å². The van der Waals surface area contributed by atoms with Crippen LogP contribution in [-0.4, -0.2) is 52.5 Å². The molecular formula is C16H35N3O2. The Kier molecular flexibility index (Phi) is 8.26. The molecule has 2 atom stereocenters. The zero-order valence-corrected chi connectivity index (χ0v) is 15.3. The standard InChI is InChI=1S/C16H35N3O2/c1-15(2,3)12(20-8)10-18-14(17-7)19-11-13(21-9)16(4,5)6/h12-13H,10-11H2,1-9H3,(H2,17,18,19). The Morgan fingerprint density at radius 1 is 0.857 bits per heavy atom. The van der Waals surface area contributed by atoms with Crippen molar-refractivity contribution in [2.75, 3.05) is 34.4 Å². The maximum atomic E-state index is 5.54. The summed E-state index contributed by atoms with van der Waals surface area (Å²) >= 11 is 0. The molecule has 0 heterocycles. The molecule has 0 aliphatic carbocycles. The summed E-state index contributed by atoms with van der Waals surface area (Å²) in [5, 5.41) is 6.63. The van der Waals surface area contributed by atoms with E-state index in [-0.39, 0.29) is 23.0 Å². The highest BCUT2D eigenvalue weighted by atomic mass is 16.5. The van der Waals surface area contributed by atoms with Crippen molar-refractivity contribution in [3.8, 4) is 0 Å². The Balaban J connectivity index is 4.43. The van der Waals surface area contributed by atoms with Crippen LogP contribution in [0.1, 0.15) is 41.5 Å². The number of methoxy groups -OCH3 is 2. The molecule has 126 valence electrons. The van der Waals surface area contributed by atoms with Gasteiger partial charge in [-0.2, -0.15) is 0 Å². The summed E-state index contributed by atoms with van der Waals surface area (Å²) in [6.45, 7) is 14.4. The van der Waals surface area contributed by atoms with Gasteiger partial charge in [-0.15, -0.1) is 0 Å². The van der Waals surface area contributed by atoms with Crippen LogP contribution in [0.2, 0.25) is 0 Å². The van der Waals surface area contributed by atoms with Gasteiger partial charge in [-0.3, -0.25) is 4.99 Å². The lowest BCUT2D eigenvalue weighted by molar-refractivity contribution is 0.0180. The summed E-state index contributed by atoms with van der Waals surface area (Å²) in [5.74, 6) is 0.771. The van der Waals surface area contributed by atoms with E-state index in [1.54, 1.807) is 21.3 Å². The van der Waals surface area contributed by atoms with Crippen LogP contribution in [0.3, 0.4) is 0 Å². The minimum absolute atomic E-state index is 0.0844. The molecule has 0 bridgehead atoms. The van der Waals surface area contributed by atoms with Crippen LogP contribution in [0.5, 0.6) is 0 Å². The van der Waals surface area contributed by atoms with Gasteiger partial charge in [0.2, 0.25) is 0 Å². The molecule has 2 N–H and O–H groups in total. The van der Waals surface area contributed by atoms with Gasteiger partial charge in [0.15, 0.2) is 5.96 Å². The number of aliphatic imine (C=N–C) groups is 1. The second-order valence-corrected chi connectivity index (χ2v) is 7.51. The third kappa shape index (κ3) is 7.67. The molecule has 0 saturated carbocycles. The average Bonchev–Trinajstić information content (AvgIpc) is 2.34. The molecule has 0 spiro atoms. The van der Waals surface area contributed by atoms with Crippen molar-refractivity contribution in [2.24, 2.45) is 15.8 Å². The molecule has 0 aliphatic heterocycles. The summed E-state index contributed by atoms with van der Waals surface area (Å²) < 4.78 is 11.1. The summed E-state index contributed by atoms with van der Waals surface area (Å²) in [5.41, 5.74) is 0.169. The van der Waals surface area contributed by atoms with Gasteiger partial charge < -0.3 is 20.1 Å². The molecule has 0 amide bonds. The quantitative estimate of drug-likeness (QED) is 0.584. The van der Waals surface area contributed by atoms with Crippen LogP contribution in [-0.2, 0) is 9.47 Å². The van der Waals surface area contributed by atoms with Gasteiger partial charge in [0.25, 0.3) is 0 Å². The van der Waals surface area contributed by atoms with Crippen LogP contribution >= 0.6 is 0 Å². The molecule has 0 aromatic carbocycles. The molecule has 0 aliphatic rings. The van der Waals surface area contributed by atoms with E-state index in [0.29, 0.717) is 13.1 Å². The van der Waals surface area contributed by atoms with Crippen molar-refractivity contribution in [2.45, 2.75) is 53.8 Å². The first-order valence-electron chi connectivity index (χ1n) is 7.56. The van der Waals surface area contributed by atoms with Gasteiger partial charge in [0.05, 0.1) is 12.2 Å². The smallest absolute Gasteiger partial charge is 0.191 e. The van der Waals surface area contributed by atoms with Crippen molar-refractivity contribution >= 4 is 5.96 Å². The molecule has 0 rings (SSSR count). The zero-order valence-electron chi connectivity index (χ0n) is 15.3. The summed E-state index contributed by atoms with van der Waals surface area (Å²) in [7, 11) is 5.26. The molecule has 0 saturated heterocycles. The predicted molar refractivity (Wildman–Crippen MR) is 89.9 cm³/mol. The number of guanidine groups is 1. The number of nitrogens with one attached hydrogen (secondary N) is 2. The topological polar surface area (TPSA) is 54.9 Å². The Hall–Kier alpha value is -0.810. The maximum absolute atomic E-state index is 5.54. The van der Waals surface area contributed by atoms with E-state index in [2.05, 4.69) is 57.2 Å². The fourth-order valence-electron chi connectivity index (χ4n) is 2.09. The van der Waals surface area contributed by atoms with Gasteiger partial charge >= 0.3 is 0 Å². The van der Waals surface area contributed by atoms with Crippen molar-refractivity contribution in [1.29, 1.82) is 0 Å². The van der Waals surface area contributed by atoms with Gasteiger partial charge in [0, 0.05) is 34.4 Å². The Morgan fingerprint density at radius 2 is 1.19 bits per heavy atom. The second-order valence-electron chi connectivity index (χ2n) is 7.51.